The normalized spacial score (nSPS) is 16.6. The maximum Gasteiger partial charge on any atom is 0.194 e. The van der Waals surface area contributed by atoms with Crippen molar-refractivity contribution in [2.45, 2.75) is 26.5 Å². The molecule has 0 radical (unpaired) electrons. The van der Waals surface area contributed by atoms with Crippen molar-refractivity contribution in [2.24, 2.45) is 10.9 Å². The van der Waals surface area contributed by atoms with E-state index in [2.05, 4.69) is 39.5 Å². The van der Waals surface area contributed by atoms with Crippen LogP contribution in [-0.4, -0.2) is 51.9 Å². The maximum absolute atomic E-state index is 5.97. The number of ether oxygens (including phenoxy) is 1. The number of para-hydroxylation sites is 1. The maximum atomic E-state index is 5.97. The van der Waals surface area contributed by atoms with E-state index >= 15 is 0 Å². The third kappa shape index (κ3) is 5.70. The highest BCUT2D eigenvalue weighted by Gasteiger charge is 2.25. The van der Waals surface area contributed by atoms with E-state index in [0.29, 0.717) is 19.1 Å². The van der Waals surface area contributed by atoms with Crippen LogP contribution in [0.4, 0.5) is 0 Å². The van der Waals surface area contributed by atoms with Crippen molar-refractivity contribution in [1.82, 2.24) is 25.0 Å². The van der Waals surface area contributed by atoms with Crippen LogP contribution in [0, 0.1) is 5.92 Å². The molecule has 1 saturated heterocycles. The Balaban J connectivity index is 1.34. The summed E-state index contributed by atoms with van der Waals surface area (Å²) in [7, 11) is 0. The Morgan fingerprint density at radius 3 is 2.68 bits per heavy atom. The zero-order chi connectivity index (χ0) is 21.3. The summed E-state index contributed by atoms with van der Waals surface area (Å²) in [6, 6.07) is 20.4. The van der Waals surface area contributed by atoms with E-state index in [0.717, 1.165) is 50.1 Å². The minimum atomic E-state index is 0.475. The van der Waals surface area contributed by atoms with Crippen LogP contribution in [0.2, 0.25) is 0 Å². The Hall–Kier alpha value is -3.19. The van der Waals surface area contributed by atoms with E-state index < -0.39 is 0 Å². The SMILES string of the molecule is CCNC(=NCc1nncn1-c1ccccc1)N1CCC(COCc2ccccc2)C1. The van der Waals surface area contributed by atoms with Gasteiger partial charge in [-0.05, 0) is 31.0 Å². The average Bonchev–Trinajstić information content (AvgIpc) is 3.48. The van der Waals surface area contributed by atoms with Gasteiger partial charge in [0.15, 0.2) is 11.8 Å². The molecule has 2 heterocycles. The fourth-order valence-corrected chi connectivity index (χ4v) is 3.82. The zero-order valence-corrected chi connectivity index (χ0v) is 18.0. The second-order valence-corrected chi connectivity index (χ2v) is 7.72. The molecule has 0 aliphatic carbocycles. The molecule has 31 heavy (non-hydrogen) atoms. The molecule has 1 aromatic heterocycles. The number of nitrogens with one attached hydrogen (secondary N) is 1. The smallest absolute Gasteiger partial charge is 0.194 e. The van der Waals surface area contributed by atoms with Gasteiger partial charge in [-0.3, -0.25) is 4.57 Å². The second kappa shape index (κ2) is 10.7. The minimum Gasteiger partial charge on any atom is -0.376 e. The Labute approximate surface area is 183 Å². The van der Waals surface area contributed by atoms with Crippen molar-refractivity contribution in [3.05, 3.63) is 78.4 Å². The average molecular weight is 419 g/mol. The summed E-state index contributed by atoms with van der Waals surface area (Å²) in [6.07, 6.45) is 2.85. The summed E-state index contributed by atoms with van der Waals surface area (Å²) >= 11 is 0. The molecule has 2 aromatic carbocycles. The first-order valence-corrected chi connectivity index (χ1v) is 10.9. The Kier molecular flexibility index (Phi) is 7.28. The molecule has 0 spiro atoms. The third-order valence-corrected chi connectivity index (χ3v) is 5.41. The monoisotopic (exact) mass is 418 g/mol. The first-order chi connectivity index (χ1) is 15.3. The van der Waals surface area contributed by atoms with Crippen molar-refractivity contribution < 1.29 is 4.74 Å². The fourth-order valence-electron chi connectivity index (χ4n) is 3.82. The van der Waals surface area contributed by atoms with Crippen LogP contribution in [0.5, 0.6) is 0 Å². The van der Waals surface area contributed by atoms with E-state index in [9.17, 15) is 0 Å². The van der Waals surface area contributed by atoms with Gasteiger partial charge in [0, 0.05) is 31.2 Å². The summed E-state index contributed by atoms with van der Waals surface area (Å²) < 4.78 is 7.95. The summed E-state index contributed by atoms with van der Waals surface area (Å²) in [5.41, 5.74) is 2.26. The lowest BCUT2D eigenvalue weighted by molar-refractivity contribution is 0.0906. The molecule has 1 aliphatic heterocycles. The standard InChI is InChI=1S/C24H30N6O/c1-2-25-24(26-15-23-28-27-19-30(23)22-11-7-4-8-12-22)29-14-13-21(16-29)18-31-17-20-9-5-3-6-10-20/h3-12,19,21H,2,13-18H2,1H3,(H,25,26). The molecule has 1 atom stereocenters. The van der Waals surface area contributed by atoms with Crippen LogP contribution in [0.1, 0.15) is 24.7 Å². The minimum absolute atomic E-state index is 0.475. The van der Waals surface area contributed by atoms with Gasteiger partial charge in [0.2, 0.25) is 0 Å². The highest BCUT2D eigenvalue weighted by atomic mass is 16.5. The van der Waals surface area contributed by atoms with Crippen molar-refractivity contribution in [1.29, 1.82) is 0 Å². The third-order valence-electron chi connectivity index (χ3n) is 5.41. The van der Waals surface area contributed by atoms with Gasteiger partial charge in [0.25, 0.3) is 0 Å². The number of nitrogens with zero attached hydrogens (tertiary/aromatic N) is 5. The van der Waals surface area contributed by atoms with Crippen LogP contribution in [0.15, 0.2) is 72.0 Å². The number of rotatable bonds is 8. The van der Waals surface area contributed by atoms with Gasteiger partial charge in [0.05, 0.1) is 13.2 Å². The Bertz CT molecular complexity index is 956. The highest BCUT2D eigenvalue weighted by Crippen LogP contribution is 2.18. The first-order valence-electron chi connectivity index (χ1n) is 10.9. The summed E-state index contributed by atoms with van der Waals surface area (Å²) in [5.74, 6) is 2.26. The number of likely N-dealkylation sites (tertiary alicyclic amines) is 1. The molecule has 0 bridgehead atoms. The number of guanidine groups is 1. The molecule has 162 valence electrons. The van der Waals surface area contributed by atoms with E-state index in [1.807, 2.05) is 53.1 Å². The number of benzene rings is 2. The fraction of sp³-hybridized carbons (Fsp3) is 0.375. The van der Waals surface area contributed by atoms with Gasteiger partial charge >= 0.3 is 0 Å². The van der Waals surface area contributed by atoms with Gasteiger partial charge in [-0.2, -0.15) is 0 Å². The topological polar surface area (TPSA) is 67.6 Å². The van der Waals surface area contributed by atoms with Gasteiger partial charge < -0.3 is 15.0 Å². The van der Waals surface area contributed by atoms with Crippen molar-refractivity contribution in [2.75, 3.05) is 26.2 Å². The largest absolute Gasteiger partial charge is 0.376 e. The number of hydrogen-bond donors (Lipinski definition) is 1. The van der Waals surface area contributed by atoms with E-state index in [4.69, 9.17) is 9.73 Å². The molecule has 1 fully saturated rings. The van der Waals surface area contributed by atoms with Gasteiger partial charge in [0.1, 0.15) is 12.9 Å². The van der Waals surface area contributed by atoms with Gasteiger partial charge in [-0.25, -0.2) is 4.99 Å². The molecule has 3 aromatic rings. The number of hydrogen-bond acceptors (Lipinski definition) is 4. The van der Waals surface area contributed by atoms with Crippen molar-refractivity contribution >= 4 is 5.96 Å². The molecule has 1 N–H and O–H groups in total. The molecular weight excluding hydrogens is 388 g/mol. The van der Waals surface area contributed by atoms with Gasteiger partial charge in [-0.15, -0.1) is 10.2 Å². The molecule has 7 heteroatoms. The van der Waals surface area contributed by atoms with E-state index in [1.54, 1.807) is 6.33 Å². The molecule has 7 nitrogen and oxygen atoms in total. The zero-order valence-electron chi connectivity index (χ0n) is 18.0. The Morgan fingerprint density at radius 1 is 1.13 bits per heavy atom. The molecule has 1 aliphatic rings. The van der Waals surface area contributed by atoms with E-state index in [1.165, 1.54) is 5.56 Å². The lowest BCUT2D eigenvalue weighted by Crippen LogP contribution is -2.40. The number of aliphatic imine (C=N–C) groups is 1. The number of aromatic nitrogens is 3. The van der Waals surface area contributed by atoms with Crippen LogP contribution >= 0.6 is 0 Å². The Morgan fingerprint density at radius 2 is 1.90 bits per heavy atom. The van der Waals surface area contributed by atoms with Crippen molar-refractivity contribution in [3.63, 3.8) is 0 Å². The quantitative estimate of drug-likeness (QED) is 0.449. The molecule has 0 saturated carbocycles. The van der Waals surface area contributed by atoms with Crippen LogP contribution in [-0.2, 0) is 17.9 Å². The molecule has 1 unspecified atom stereocenters. The molecular formula is C24H30N6O. The lowest BCUT2D eigenvalue weighted by atomic mass is 10.1. The van der Waals surface area contributed by atoms with Crippen LogP contribution < -0.4 is 5.32 Å². The molecule has 4 rings (SSSR count). The first kappa shape index (κ1) is 21.1. The predicted molar refractivity (Wildman–Crippen MR) is 122 cm³/mol. The predicted octanol–water partition coefficient (Wildman–Crippen LogP) is 3.27. The second-order valence-electron chi connectivity index (χ2n) is 7.72. The lowest BCUT2D eigenvalue weighted by Gasteiger charge is -2.21. The summed E-state index contributed by atoms with van der Waals surface area (Å²) in [5, 5.41) is 11.8. The van der Waals surface area contributed by atoms with Gasteiger partial charge in [-0.1, -0.05) is 48.5 Å². The summed E-state index contributed by atoms with van der Waals surface area (Å²) in [6.45, 7) is 6.77. The van der Waals surface area contributed by atoms with E-state index in [-0.39, 0.29) is 0 Å². The highest BCUT2D eigenvalue weighted by molar-refractivity contribution is 5.80. The molecule has 0 amide bonds. The summed E-state index contributed by atoms with van der Waals surface area (Å²) in [4.78, 5) is 7.18. The van der Waals surface area contributed by atoms with Crippen LogP contribution in [0.3, 0.4) is 0 Å². The van der Waals surface area contributed by atoms with Crippen molar-refractivity contribution in [3.8, 4) is 5.69 Å². The van der Waals surface area contributed by atoms with Crippen LogP contribution in [0.25, 0.3) is 5.69 Å².